The van der Waals surface area contributed by atoms with Crippen LogP contribution in [0, 0.1) is 0 Å². The summed E-state index contributed by atoms with van der Waals surface area (Å²) in [6.07, 6.45) is 1.06. The van der Waals surface area contributed by atoms with Gasteiger partial charge in [-0.2, -0.15) is 0 Å². The number of aromatic hydroxyl groups is 1. The molecule has 1 aliphatic rings. The highest BCUT2D eigenvalue weighted by Gasteiger charge is 2.26. The lowest BCUT2D eigenvalue weighted by Crippen LogP contribution is -2.27. The fourth-order valence-electron chi connectivity index (χ4n) is 2.83. The third-order valence-corrected chi connectivity index (χ3v) is 5.15. The van der Waals surface area contributed by atoms with Crippen LogP contribution in [-0.4, -0.2) is 28.5 Å². The Kier molecular flexibility index (Phi) is 5.87. The summed E-state index contributed by atoms with van der Waals surface area (Å²) in [6.45, 7) is 13.4. The second-order valence-electron chi connectivity index (χ2n) is 8.62. The fourth-order valence-corrected chi connectivity index (χ4v) is 3.58. The molecule has 0 bridgehead atoms. The van der Waals surface area contributed by atoms with Crippen molar-refractivity contribution in [2.45, 2.75) is 65.2 Å². The predicted molar refractivity (Wildman–Crippen MR) is 107 cm³/mol. The lowest BCUT2D eigenvalue weighted by Gasteiger charge is -2.28. The maximum Gasteiger partial charge on any atom is 0.226 e. The van der Waals surface area contributed by atoms with E-state index in [0.717, 1.165) is 34.2 Å². The number of aryl methyl sites for hydroxylation is 1. The van der Waals surface area contributed by atoms with Gasteiger partial charge in [0.15, 0.2) is 5.17 Å². The maximum absolute atomic E-state index is 12.1. The summed E-state index contributed by atoms with van der Waals surface area (Å²) in [5.41, 5.74) is 2.65. The van der Waals surface area contributed by atoms with Gasteiger partial charge in [0, 0.05) is 12.2 Å². The minimum atomic E-state index is -0.155. The van der Waals surface area contributed by atoms with Crippen LogP contribution in [0.5, 0.6) is 5.75 Å². The number of aliphatic imine (C=N–C) groups is 1. The van der Waals surface area contributed by atoms with Gasteiger partial charge in [-0.1, -0.05) is 65.4 Å². The molecule has 1 amide bonds. The van der Waals surface area contributed by atoms with E-state index in [9.17, 15) is 9.90 Å². The Morgan fingerprint density at radius 2 is 1.72 bits per heavy atom. The van der Waals surface area contributed by atoms with E-state index in [1.54, 1.807) is 11.8 Å². The van der Waals surface area contributed by atoms with Gasteiger partial charge in [-0.3, -0.25) is 9.79 Å². The molecule has 0 aromatic heterocycles. The Balaban J connectivity index is 2.20. The summed E-state index contributed by atoms with van der Waals surface area (Å²) in [4.78, 5) is 16.4. The summed E-state index contributed by atoms with van der Waals surface area (Å²) in [5, 5.41) is 14.4. The fraction of sp³-hybridized carbons (Fsp3) is 0.600. The summed E-state index contributed by atoms with van der Waals surface area (Å²) < 4.78 is 0. The molecule has 138 valence electrons. The number of nitrogens with one attached hydrogen (secondary N) is 1. The van der Waals surface area contributed by atoms with Crippen LogP contribution in [0.3, 0.4) is 0 Å². The molecule has 0 saturated heterocycles. The first-order chi connectivity index (χ1) is 11.5. The summed E-state index contributed by atoms with van der Waals surface area (Å²) in [6, 6.07) is 4.08. The van der Waals surface area contributed by atoms with Gasteiger partial charge < -0.3 is 10.4 Å². The summed E-state index contributed by atoms with van der Waals surface area (Å²) >= 11 is 1.59. The number of amides is 1. The SMILES string of the molecule is CC(C)(C)c1cc(CCC(=O)NC2=NCCS2)cc(C(C)(C)C)c1O. The Labute approximate surface area is 155 Å². The molecule has 0 saturated carbocycles. The molecule has 2 rings (SSSR count). The molecule has 2 N–H and O–H groups in total. The Bertz CT molecular complexity index is 647. The van der Waals surface area contributed by atoms with Crippen LogP contribution in [0.25, 0.3) is 0 Å². The van der Waals surface area contributed by atoms with E-state index in [-0.39, 0.29) is 16.7 Å². The molecule has 0 radical (unpaired) electrons. The van der Waals surface area contributed by atoms with E-state index >= 15 is 0 Å². The molecule has 4 nitrogen and oxygen atoms in total. The first-order valence-electron chi connectivity index (χ1n) is 8.82. The number of nitrogens with zero attached hydrogens (tertiary/aromatic N) is 1. The summed E-state index contributed by atoms with van der Waals surface area (Å²) in [7, 11) is 0. The number of carbonyl (C=O) groups excluding carboxylic acids is 1. The number of phenols is 1. The lowest BCUT2D eigenvalue weighted by atomic mass is 9.78. The number of carbonyl (C=O) groups is 1. The lowest BCUT2D eigenvalue weighted by molar-refractivity contribution is -0.119. The van der Waals surface area contributed by atoms with Gasteiger partial charge in [0.05, 0.1) is 6.54 Å². The van der Waals surface area contributed by atoms with Crippen molar-refractivity contribution >= 4 is 22.8 Å². The molecule has 0 fully saturated rings. The topological polar surface area (TPSA) is 61.7 Å². The Morgan fingerprint density at radius 3 is 2.16 bits per heavy atom. The third kappa shape index (κ3) is 5.24. The van der Waals surface area contributed by atoms with Crippen molar-refractivity contribution in [3.8, 4) is 5.75 Å². The van der Waals surface area contributed by atoms with E-state index < -0.39 is 0 Å². The van der Waals surface area contributed by atoms with Gasteiger partial charge in [-0.25, -0.2) is 0 Å². The van der Waals surface area contributed by atoms with Crippen LogP contribution in [0.1, 0.15) is 64.7 Å². The minimum Gasteiger partial charge on any atom is -0.507 e. The molecule has 5 heteroatoms. The van der Waals surface area contributed by atoms with E-state index in [4.69, 9.17) is 0 Å². The number of rotatable bonds is 3. The van der Waals surface area contributed by atoms with E-state index in [0.29, 0.717) is 18.6 Å². The summed E-state index contributed by atoms with van der Waals surface area (Å²) in [5.74, 6) is 1.32. The highest BCUT2D eigenvalue weighted by Crippen LogP contribution is 2.39. The van der Waals surface area contributed by atoms with Crippen molar-refractivity contribution < 1.29 is 9.90 Å². The van der Waals surface area contributed by atoms with Crippen molar-refractivity contribution in [1.82, 2.24) is 5.32 Å². The standard InChI is InChI=1S/C20H30N2O2S/c1-19(2,3)14-11-13(12-15(17(14)24)20(4,5)6)7-8-16(23)22-18-21-9-10-25-18/h11-12,24H,7-10H2,1-6H3,(H,21,22,23). The smallest absolute Gasteiger partial charge is 0.226 e. The van der Waals surface area contributed by atoms with Crippen molar-refractivity contribution in [3.05, 3.63) is 28.8 Å². The number of amidine groups is 1. The Morgan fingerprint density at radius 1 is 1.16 bits per heavy atom. The normalized spacial score (nSPS) is 15.2. The monoisotopic (exact) mass is 362 g/mol. The zero-order valence-electron chi connectivity index (χ0n) is 16.2. The second kappa shape index (κ2) is 7.40. The molecule has 1 aliphatic heterocycles. The van der Waals surface area contributed by atoms with E-state index in [1.165, 1.54) is 0 Å². The molecule has 0 atom stereocenters. The molecule has 0 spiro atoms. The van der Waals surface area contributed by atoms with Gasteiger partial charge in [0.1, 0.15) is 5.75 Å². The number of hydrogen-bond donors (Lipinski definition) is 2. The minimum absolute atomic E-state index is 0.00385. The molecule has 1 heterocycles. The molecule has 25 heavy (non-hydrogen) atoms. The van der Waals surface area contributed by atoms with Crippen LogP contribution in [-0.2, 0) is 22.0 Å². The Hall–Kier alpha value is -1.49. The van der Waals surface area contributed by atoms with Gasteiger partial charge in [0.25, 0.3) is 0 Å². The largest absolute Gasteiger partial charge is 0.507 e. The number of phenolic OH excluding ortho intramolecular Hbond substituents is 1. The molecule has 1 aromatic rings. The molecular weight excluding hydrogens is 332 g/mol. The van der Waals surface area contributed by atoms with Crippen molar-refractivity contribution in [1.29, 1.82) is 0 Å². The van der Waals surface area contributed by atoms with Gasteiger partial charge in [-0.05, 0) is 33.9 Å². The maximum atomic E-state index is 12.1. The average molecular weight is 363 g/mol. The van der Waals surface area contributed by atoms with Crippen LogP contribution in [0.4, 0.5) is 0 Å². The van der Waals surface area contributed by atoms with Gasteiger partial charge >= 0.3 is 0 Å². The van der Waals surface area contributed by atoms with Crippen LogP contribution in [0.15, 0.2) is 17.1 Å². The van der Waals surface area contributed by atoms with Crippen molar-refractivity contribution in [3.63, 3.8) is 0 Å². The van der Waals surface area contributed by atoms with Gasteiger partial charge in [-0.15, -0.1) is 0 Å². The third-order valence-electron chi connectivity index (χ3n) is 4.26. The molecular formula is C20H30N2O2S. The van der Waals surface area contributed by atoms with E-state index in [1.807, 2.05) is 12.1 Å². The van der Waals surface area contributed by atoms with Crippen molar-refractivity contribution in [2.24, 2.45) is 4.99 Å². The average Bonchev–Trinajstić information content (AvgIpc) is 2.96. The van der Waals surface area contributed by atoms with E-state index in [2.05, 4.69) is 51.9 Å². The first kappa shape index (κ1) is 19.8. The number of hydrogen-bond acceptors (Lipinski definition) is 4. The van der Waals surface area contributed by atoms with Crippen LogP contribution < -0.4 is 5.32 Å². The molecule has 1 aromatic carbocycles. The van der Waals surface area contributed by atoms with Crippen LogP contribution >= 0.6 is 11.8 Å². The quantitative estimate of drug-likeness (QED) is 0.849. The highest BCUT2D eigenvalue weighted by atomic mass is 32.2. The second-order valence-corrected chi connectivity index (χ2v) is 9.71. The number of thioether (sulfide) groups is 1. The van der Waals surface area contributed by atoms with Crippen molar-refractivity contribution in [2.75, 3.05) is 12.3 Å². The van der Waals surface area contributed by atoms with Gasteiger partial charge in [0.2, 0.25) is 5.91 Å². The zero-order valence-corrected chi connectivity index (χ0v) is 17.0. The first-order valence-corrected chi connectivity index (χ1v) is 9.81. The number of benzene rings is 1. The molecule has 0 unspecified atom stereocenters. The molecule has 0 aliphatic carbocycles. The highest BCUT2D eigenvalue weighted by molar-refractivity contribution is 8.14. The zero-order chi connectivity index (χ0) is 18.8. The van der Waals surface area contributed by atoms with Crippen LogP contribution in [0.2, 0.25) is 0 Å². The predicted octanol–water partition coefficient (Wildman–Crippen LogP) is 4.14.